The fraction of sp³-hybridized carbons (Fsp3) is 0.429. The Kier molecular flexibility index (Phi) is 5.90. The molecular weight excluding hydrogens is 446 g/mol. The third-order valence-corrected chi connectivity index (χ3v) is 7.28. The van der Waals surface area contributed by atoms with Crippen molar-refractivity contribution in [3.8, 4) is 0 Å². The van der Waals surface area contributed by atoms with Gasteiger partial charge >= 0.3 is 0 Å². The number of amides is 1. The van der Waals surface area contributed by atoms with E-state index >= 15 is 0 Å². The van der Waals surface area contributed by atoms with Gasteiger partial charge in [-0.25, -0.2) is 13.5 Å². The second-order valence-electron chi connectivity index (χ2n) is 10.8. The van der Waals surface area contributed by atoms with Gasteiger partial charge in [0.1, 0.15) is 17.4 Å². The standard InChI is InChI=1S/C28H32F2N4O/c1-27(2,16-18-13-20-11-7-8-12-21(20)14-18)33-26(35)22-17-31-34-24(28(3,29)30)15-23(32-25(22)34)19-9-5-4-6-10-19/h4-12,17-18,23-24,32H,13-16H2,1-3H3,(H,33,35). The molecule has 0 bridgehead atoms. The van der Waals surface area contributed by atoms with E-state index in [0.717, 1.165) is 31.7 Å². The summed E-state index contributed by atoms with van der Waals surface area (Å²) in [6.45, 7) is 4.96. The molecule has 2 aromatic carbocycles. The summed E-state index contributed by atoms with van der Waals surface area (Å²) in [4.78, 5) is 13.4. The van der Waals surface area contributed by atoms with Crippen molar-refractivity contribution >= 4 is 11.7 Å². The van der Waals surface area contributed by atoms with Crippen molar-refractivity contribution < 1.29 is 13.6 Å². The minimum Gasteiger partial charge on any atom is -0.363 e. The van der Waals surface area contributed by atoms with Crippen molar-refractivity contribution in [3.05, 3.63) is 83.0 Å². The number of aromatic nitrogens is 2. The van der Waals surface area contributed by atoms with Crippen LogP contribution in [0.5, 0.6) is 0 Å². The summed E-state index contributed by atoms with van der Waals surface area (Å²) in [5, 5.41) is 10.7. The molecule has 1 aliphatic heterocycles. The minimum absolute atomic E-state index is 0.178. The Morgan fingerprint density at radius 3 is 2.31 bits per heavy atom. The monoisotopic (exact) mass is 478 g/mol. The number of nitrogens with one attached hydrogen (secondary N) is 2. The predicted octanol–water partition coefficient (Wildman–Crippen LogP) is 5.95. The fourth-order valence-corrected chi connectivity index (χ4v) is 5.72. The van der Waals surface area contributed by atoms with Gasteiger partial charge in [-0.2, -0.15) is 5.10 Å². The Balaban J connectivity index is 1.35. The molecule has 1 aliphatic carbocycles. The maximum Gasteiger partial charge on any atom is 0.267 e. The Labute approximate surface area is 204 Å². The SMILES string of the molecule is CC(C)(CC1Cc2ccccc2C1)NC(=O)c1cnn2c1NC(c1ccccc1)CC2C(C)(F)F. The normalized spacial score (nSPS) is 20.1. The molecule has 2 heterocycles. The molecular formula is C28H32F2N4O. The highest BCUT2D eigenvalue weighted by molar-refractivity contribution is 5.99. The van der Waals surface area contributed by atoms with E-state index in [1.54, 1.807) is 0 Å². The molecule has 2 N–H and O–H groups in total. The summed E-state index contributed by atoms with van der Waals surface area (Å²) < 4.78 is 30.5. The minimum atomic E-state index is -2.99. The molecule has 0 fully saturated rings. The van der Waals surface area contributed by atoms with Gasteiger partial charge in [0.05, 0.1) is 12.2 Å². The first-order chi connectivity index (χ1) is 16.6. The number of fused-ring (bicyclic) bond motifs is 2. The van der Waals surface area contributed by atoms with Gasteiger partial charge in [-0.15, -0.1) is 0 Å². The van der Waals surface area contributed by atoms with Crippen molar-refractivity contribution in [2.75, 3.05) is 5.32 Å². The lowest BCUT2D eigenvalue weighted by molar-refractivity contribution is -0.0437. The van der Waals surface area contributed by atoms with Crippen LogP contribution in [0, 0.1) is 5.92 Å². The molecule has 7 heteroatoms. The highest BCUT2D eigenvalue weighted by Gasteiger charge is 2.43. The number of rotatable bonds is 6. The van der Waals surface area contributed by atoms with Gasteiger partial charge < -0.3 is 10.6 Å². The Morgan fingerprint density at radius 1 is 1.06 bits per heavy atom. The highest BCUT2D eigenvalue weighted by atomic mass is 19.3. The number of carbonyl (C=O) groups excluding carboxylic acids is 1. The molecule has 0 saturated heterocycles. The largest absolute Gasteiger partial charge is 0.363 e. The van der Waals surface area contributed by atoms with Crippen LogP contribution in [-0.4, -0.2) is 27.1 Å². The Morgan fingerprint density at radius 2 is 1.69 bits per heavy atom. The lowest BCUT2D eigenvalue weighted by Crippen LogP contribution is -2.45. The van der Waals surface area contributed by atoms with E-state index in [4.69, 9.17) is 0 Å². The number of anilines is 1. The number of benzene rings is 2. The number of alkyl halides is 2. The smallest absolute Gasteiger partial charge is 0.267 e. The molecule has 184 valence electrons. The fourth-order valence-electron chi connectivity index (χ4n) is 5.72. The molecule has 3 aromatic rings. The molecule has 2 aliphatic rings. The number of hydrogen-bond acceptors (Lipinski definition) is 3. The molecule has 0 radical (unpaired) electrons. The number of nitrogens with zero attached hydrogens (tertiary/aromatic N) is 2. The van der Waals surface area contributed by atoms with E-state index in [0.29, 0.717) is 17.3 Å². The van der Waals surface area contributed by atoms with Crippen molar-refractivity contribution in [2.24, 2.45) is 5.92 Å². The molecule has 0 saturated carbocycles. The van der Waals surface area contributed by atoms with Crippen LogP contribution in [0.1, 0.15) is 72.7 Å². The lowest BCUT2D eigenvalue weighted by Gasteiger charge is -2.36. The second kappa shape index (κ2) is 8.77. The van der Waals surface area contributed by atoms with E-state index in [1.807, 2.05) is 44.2 Å². The van der Waals surface area contributed by atoms with Crippen LogP contribution < -0.4 is 10.6 Å². The van der Waals surface area contributed by atoms with E-state index in [-0.39, 0.29) is 18.4 Å². The zero-order valence-electron chi connectivity index (χ0n) is 20.4. The van der Waals surface area contributed by atoms with E-state index < -0.39 is 17.5 Å². The molecule has 1 amide bonds. The maximum atomic E-state index is 14.6. The van der Waals surface area contributed by atoms with Crippen molar-refractivity contribution in [2.45, 2.75) is 70.0 Å². The summed E-state index contributed by atoms with van der Waals surface area (Å²) in [5.74, 6) is -2.49. The lowest BCUT2D eigenvalue weighted by atomic mass is 9.88. The van der Waals surface area contributed by atoms with E-state index in [2.05, 4.69) is 40.0 Å². The first kappa shape index (κ1) is 23.5. The van der Waals surface area contributed by atoms with Gasteiger partial charge in [-0.05, 0) is 55.7 Å². The second-order valence-corrected chi connectivity index (χ2v) is 10.8. The topological polar surface area (TPSA) is 59.0 Å². The summed E-state index contributed by atoms with van der Waals surface area (Å²) >= 11 is 0. The predicted molar refractivity (Wildman–Crippen MR) is 133 cm³/mol. The van der Waals surface area contributed by atoms with Gasteiger partial charge in [0, 0.05) is 18.9 Å². The zero-order valence-corrected chi connectivity index (χ0v) is 20.4. The van der Waals surface area contributed by atoms with E-state index in [1.165, 1.54) is 22.0 Å². The van der Waals surface area contributed by atoms with Crippen LogP contribution in [0.25, 0.3) is 0 Å². The molecule has 35 heavy (non-hydrogen) atoms. The third-order valence-electron chi connectivity index (χ3n) is 7.28. The summed E-state index contributed by atoms with van der Waals surface area (Å²) in [5.41, 5.74) is 3.51. The Hall–Kier alpha value is -3.22. The quantitative estimate of drug-likeness (QED) is 0.460. The molecule has 0 spiro atoms. The van der Waals surface area contributed by atoms with Crippen molar-refractivity contribution in [1.29, 1.82) is 0 Å². The first-order valence-electron chi connectivity index (χ1n) is 12.3. The molecule has 1 aromatic heterocycles. The van der Waals surface area contributed by atoms with Gasteiger partial charge in [-0.1, -0.05) is 54.6 Å². The average molecular weight is 479 g/mol. The third kappa shape index (κ3) is 4.81. The van der Waals surface area contributed by atoms with Crippen LogP contribution in [-0.2, 0) is 12.8 Å². The molecule has 5 nitrogen and oxygen atoms in total. The van der Waals surface area contributed by atoms with Crippen LogP contribution >= 0.6 is 0 Å². The number of carbonyl (C=O) groups is 1. The van der Waals surface area contributed by atoms with Gasteiger partial charge in [0.25, 0.3) is 11.8 Å². The Bertz CT molecular complexity index is 1190. The first-order valence-corrected chi connectivity index (χ1v) is 12.3. The van der Waals surface area contributed by atoms with E-state index in [9.17, 15) is 13.6 Å². The zero-order chi connectivity index (χ0) is 24.8. The average Bonchev–Trinajstić information content (AvgIpc) is 3.41. The summed E-state index contributed by atoms with van der Waals surface area (Å²) in [7, 11) is 0. The van der Waals surface area contributed by atoms with Crippen LogP contribution in [0.2, 0.25) is 0 Å². The van der Waals surface area contributed by atoms with Crippen LogP contribution in [0.3, 0.4) is 0 Å². The van der Waals surface area contributed by atoms with Crippen LogP contribution in [0.4, 0.5) is 14.6 Å². The number of hydrogen-bond donors (Lipinski definition) is 2. The number of halogens is 2. The van der Waals surface area contributed by atoms with Gasteiger partial charge in [0.15, 0.2) is 0 Å². The van der Waals surface area contributed by atoms with Crippen molar-refractivity contribution in [3.63, 3.8) is 0 Å². The maximum absolute atomic E-state index is 14.6. The molecule has 2 atom stereocenters. The van der Waals surface area contributed by atoms with Gasteiger partial charge in [0.2, 0.25) is 0 Å². The molecule has 5 rings (SSSR count). The molecule has 2 unspecified atom stereocenters. The van der Waals surface area contributed by atoms with Crippen LogP contribution in [0.15, 0.2) is 60.8 Å². The highest BCUT2D eigenvalue weighted by Crippen LogP contribution is 2.43. The van der Waals surface area contributed by atoms with Crippen molar-refractivity contribution in [1.82, 2.24) is 15.1 Å². The summed E-state index contributed by atoms with van der Waals surface area (Å²) in [6, 6.07) is 16.5. The summed E-state index contributed by atoms with van der Waals surface area (Å²) in [6.07, 6.45) is 4.42. The van der Waals surface area contributed by atoms with Gasteiger partial charge in [-0.3, -0.25) is 4.79 Å².